The van der Waals surface area contributed by atoms with Crippen LogP contribution in [0.15, 0.2) is 91.0 Å². The molecule has 3 nitrogen and oxygen atoms in total. The normalized spacial score (nSPS) is 15.5. The molecule has 1 N–H and O–H groups in total. The van der Waals surface area contributed by atoms with Crippen LogP contribution < -0.4 is 5.43 Å². The first-order valence-corrected chi connectivity index (χ1v) is 11.6. The second kappa shape index (κ2) is 10.4. The first-order valence-electron chi connectivity index (χ1n) is 11.6. The monoisotopic (exact) mass is 413 g/mol. The second-order valence-electron chi connectivity index (χ2n) is 8.74. The fourth-order valence-electron chi connectivity index (χ4n) is 4.87. The maximum absolute atomic E-state index is 12.9. The lowest BCUT2D eigenvalue weighted by Gasteiger charge is -2.41. The van der Waals surface area contributed by atoms with Gasteiger partial charge < -0.3 is 0 Å². The molecule has 1 amide bonds. The van der Waals surface area contributed by atoms with Gasteiger partial charge >= 0.3 is 0 Å². The topological polar surface area (TPSA) is 29.1 Å². The standard InChI is InChI=1S/C28H32N2O/c31-28(23-24-13-5-1-6-14-24)29-30(20-11-4-12-21-30)22-19-27(25-15-7-2-8-16-25)26-17-9-3-10-18-26/h1-3,5-10,13-18,27H,4,11-12,19-23H2/p+1. The minimum Gasteiger partial charge on any atom is -0.270 e. The van der Waals surface area contributed by atoms with Crippen molar-refractivity contribution in [2.45, 2.75) is 38.0 Å². The van der Waals surface area contributed by atoms with Crippen molar-refractivity contribution >= 4 is 5.91 Å². The number of benzene rings is 3. The minimum absolute atomic E-state index is 0.129. The van der Waals surface area contributed by atoms with Crippen LogP contribution in [0, 0.1) is 0 Å². The summed E-state index contributed by atoms with van der Waals surface area (Å²) >= 11 is 0. The van der Waals surface area contributed by atoms with Crippen LogP contribution >= 0.6 is 0 Å². The molecule has 0 aliphatic carbocycles. The molecular formula is C28H33N2O+. The summed E-state index contributed by atoms with van der Waals surface area (Å²) in [5.41, 5.74) is 7.20. The summed E-state index contributed by atoms with van der Waals surface area (Å²) in [6.07, 6.45) is 5.07. The summed E-state index contributed by atoms with van der Waals surface area (Å²) in [6.45, 7) is 3.00. The number of likely N-dealkylation sites (tertiary alicyclic amines) is 1. The number of piperidine rings is 1. The Bertz CT molecular complexity index is 895. The lowest BCUT2D eigenvalue weighted by molar-refractivity contribution is -0.965. The predicted molar refractivity (Wildman–Crippen MR) is 126 cm³/mol. The van der Waals surface area contributed by atoms with Gasteiger partial charge in [-0.1, -0.05) is 91.0 Å². The molecule has 1 aliphatic rings. The number of amides is 1. The Kier molecular flexibility index (Phi) is 7.16. The van der Waals surface area contributed by atoms with E-state index < -0.39 is 0 Å². The number of rotatable bonds is 8. The summed E-state index contributed by atoms with van der Waals surface area (Å²) in [5.74, 6) is 0.467. The van der Waals surface area contributed by atoms with Gasteiger partial charge in [-0.05, 0) is 36.0 Å². The SMILES string of the molecule is O=C(Cc1ccccc1)N[N+]1(CCC(c2ccccc2)c2ccccc2)CCCCC1. The molecule has 4 rings (SSSR count). The van der Waals surface area contributed by atoms with Gasteiger partial charge in [-0.15, -0.1) is 0 Å². The zero-order valence-corrected chi connectivity index (χ0v) is 18.2. The molecule has 0 atom stereocenters. The van der Waals surface area contributed by atoms with Gasteiger partial charge in [0.25, 0.3) is 5.91 Å². The zero-order chi connectivity index (χ0) is 21.4. The molecule has 0 aromatic heterocycles. The number of carbonyl (C=O) groups is 1. The van der Waals surface area contributed by atoms with Crippen molar-refractivity contribution in [3.05, 3.63) is 108 Å². The number of nitrogens with one attached hydrogen (secondary N) is 1. The summed E-state index contributed by atoms with van der Waals surface area (Å²) in [6, 6.07) is 31.6. The Hall–Kier alpha value is -2.91. The van der Waals surface area contributed by atoms with Gasteiger partial charge in [0.15, 0.2) is 0 Å². The molecular weight excluding hydrogens is 380 g/mol. The molecule has 1 fully saturated rings. The van der Waals surface area contributed by atoms with Crippen LogP contribution in [0.25, 0.3) is 0 Å². The molecule has 0 radical (unpaired) electrons. The molecule has 31 heavy (non-hydrogen) atoms. The highest BCUT2D eigenvalue weighted by Gasteiger charge is 2.33. The summed E-state index contributed by atoms with van der Waals surface area (Å²) in [5, 5.41) is 0. The summed E-state index contributed by atoms with van der Waals surface area (Å²) < 4.78 is 0.710. The number of hydrogen-bond acceptors (Lipinski definition) is 1. The van der Waals surface area contributed by atoms with Gasteiger partial charge in [0.2, 0.25) is 0 Å². The zero-order valence-electron chi connectivity index (χ0n) is 18.2. The number of quaternary nitrogens is 1. The minimum atomic E-state index is 0.129. The maximum Gasteiger partial charge on any atom is 0.269 e. The molecule has 3 aromatic rings. The van der Waals surface area contributed by atoms with Gasteiger partial charge in [-0.25, -0.2) is 10.0 Å². The van der Waals surface area contributed by atoms with E-state index in [2.05, 4.69) is 66.1 Å². The van der Waals surface area contributed by atoms with Crippen LogP contribution in [0.1, 0.15) is 48.3 Å². The van der Waals surface area contributed by atoms with Crippen LogP contribution in [0.3, 0.4) is 0 Å². The fraction of sp³-hybridized carbons (Fsp3) is 0.321. The van der Waals surface area contributed by atoms with Gasteiger partial charge in [0, 0.05) is 12.3 Å². The highest BCUT2D eigenvalue weighted by molar-refractivity contribution is 5.77. The molecule has 0 spiro atoms. The van der Waals surface area contributed by atoms with Crippen molar-refractivity contribution in [1.29, 1.82) is 0 Å². The molecule has 1 saturated heterocycles. The molecule has 0 bridgehead atoms. The van der Waals surface area contributed by atoms with E-state index in [9.17, 15) is 4.79 Å². The molecule has 0 unspecified atom stereocenters. The average molecular weight is 414 g/mol. The van der Waals surface area contributed by atoms with E-state index in [0.29, 0.717) is 16.9 Å². The fourth-order valence-corrected chi connectivity index (χ4v) is 4.87. The van der Waals surface area contributed by atoms with Gasteiger partial charge in [-0.2, -0.15) is 0 Å². The van der Waals surface area contributed by atoms with Crippen LogP contribution in [0.5, 0.6) is 0 Å². The van der Waals surface area contributed by atoms with E-state index in [-0.39, 0.29) is 5.91 Å². The van der Waals surface area contributed by atoms with E-state index in [1.807, 2.05) is 30.3 Å². The van der Waals surface area contributed by atoms with Crippen molar-refractivity contribution in [3.8, 4) is 0 Å². The van der Waals surface area contributed by atoms with Crippen LogP contribution in [0.4, 0.5) is 0 Å². The van der Waals surface area contributed by atoms with Crippen LogP contribution in [-0.4, -0.2) is 30.1 Å². The number of nitrogens with zero attached hydrogens (tertiary/aromatic N) is 1. The summed E-state index contributed by atoms with van der Waals surface area (Å²) in [4.78, 5) is 12.9. The van der Waals surface area contributed by atoms with Crippen molar-refractivity contribution in [2.75, 3.05) is 19.6 Å². The van der Waals surface area contributed by atoms with Gasteiger partial charge in [-0.3, -0.25) is 4.79 Å². The Morgan fingerprint density at radius 3 is 1.81 bits per heavy atom. The van der Waals surface area contributed by atoms with Crippen molar-refractivity contribution in [2.24, 2.45) is 0 Å². The van der Waals surface area contributed by atoms with E-state index in [1.54, 1.807) is 0 Å². The Morgan fingerprint density at radius 2 is 1.26 bits per heavy atom. The van der Waals surface area contributed by atoms with E-state index >= 15 is 0 Å². The van der Waals surface area contributed by atoms with E-state index in [1.165, 1.54) is 30.4 Å². The molecule has 1 heterocycles. The second-order valence-corrected chi connectivity index (χ2v) is 8.74. The van der Waals surface area contributed by atoms with Crippen molar-refractivity contribution < 1.29 is 9.39 Å². The molecule has 3 heteroatoms. The smallest absolute Gasteiger partial charge is 0.269 e. The Morgan fingerprint density at radius 1 is 0.742 bits per heavy atom. The van der Waals surface area contributed by atoms with Crippen LogP contribution in [0.2, 0.25) is 0 Å². The largest absolute Gasteiger partial charge is 0.270 e. The third kappa shape index (κ3) is 5.83. The number of hydrogen-bond donors (Lipinski definition) is 1. The van der Waals surface area contributed by atoms with E-state index in [0.717, 1.165) is 31.6 Å². The lowest BCUT2D eigenvalue weighted by Crippen LogP contribution is -2.63. The summed E-state index contributed by atoms with van der Waals surface area (Å²) in [7, 11) is 0. The first-order chi connectivity index (χ1) is 15.2. The Balaban J connectivity index is 1.50. The first kappa shape index (κ1) is 21.3. The third-order valence-electron chi connectivity index (χ3n) is 6.49. The number of carbonyl (C=O) groups excluding carboxylic acids is 1. The average Bonchev–Trinajstić information content (AvgIpc) is 2.82. The lowest BCUT2D eigenvalue weighted by atomic mass is 9.88. The maximum atomic E-state index is 12.9. The molecule has 3 aromatic carbocycles. The van der Waals surface area contributed by atoms with E-state index in [4.69, 9.17) is 0 Å². The van der Waals surface area contributed by atoms with Crippen molar-refractivity contribution in [3.63, 3.8) is 0 Å². The van der Waals surface area contributed by atoms with Crippen LogP contribution in [-0.2, 0) is 11.2 Å². The highest BCUT2D eigenvalue weighted by Crippen LogP contribution is 2.30. The third-order valence-corrected chi connectivity index (χ3v) is 6.49. The molecule has 1 aliphatic heterocycles. The van der Waals surface area contributed by atoms with Gasteiger partial charge in [0.1, 0.15) is 19.6 Å². The van der Waals surface area contributed by atoms with Gasteiger partial charge in [0.05, 0.1) is 6.42 Å². The quantitative estimate of drug-likeness (QED) is 0.487. The van der Waals surface area contributed by atoms with Crippen molar-refractivity contribution in [1.82, 2.24) is 5.43 Å². The predicted octanol–water partition coefficient (Wildman–Crippen LogP) is 5.48. The Labute approximate surface area is 186 Å². The highest BCUT2D eigenvalue weighted by atomic mass is 16.2. The molecule has 0 saturated carbocycles. The molecule has 160 valence electrons.